The van der Waals surface area contributed by atoms with Crippen LogP contribution >= 0.6 is 0 Å². The van der Waals surface area contributed by atoms with Gasteiger partial charge in [-0.3, -0.25) is 0 Å². The van der Waals surface area contributed by atoms with Crippen molar-refractivity contribution in [2.24, 2.45) is 5.92 Å². The van der Waals surface area contributed by atoms with Gasteiger partial charge in [0.15, 0.2) is 0 Å². The summed E-state index contributed by atoms with van der Waals surface area (Å²) in [6.07, 6.45) is 0.620. The Kier molecular flexibility index (Phi) is 4.15. The smallest absolute Gasteiger partial charge is 0.309 e. The van der Waals surface area contributed by atoms with Gasteiger partial charge in [-0.05, 0) is 24.5 Å². The molecule has 0 N–H and O–H groups in total. The van der Waals surface area contributed by atoms with E-state index < -0.39 is 10.1 Å². The number of rotatable bonds is 5. The summed E-state index contributed by atoms with van der Waals surface area (Å²) >= 11 is 0. The Bertz CT molecular complexity index is 382. The van der Waals surface area contributed by atoms with Crippen LogP contribution in [0.1, 0.15) is 20.3 Å². The molecule has 3 nitrogen and oxygen atoms in total. The van der Waals surface area contributed by atoms with Crippen molar-refractivity contribution in [3.05, 3.63) is 30.3 Å². The van der Waals surface area contributed by atoms with E-state index in [4.69, 9.17) is 4.18 Å². The Labute approximate surface area is 91.2 Å². The fourth-order valence-corrected chi connectivity index (χ4v) is 2.29. The van der Waals surface area contributed by atoms with Gasteiger partial charge < -0.3 is 4.18 Å². The molecule has 0 atom stereocenters. The molecule has 15 heavy (non-hydrogen) atoms. The van der Waals surface area contributed by atoms with E-state index in [0.29, 0.717) is 18.1 Å². The lowest BCUT2D eigenvalue weighted by molar-refractivity contribution is 0.477. The second kappa shape index (κ2) is 5.16. The van der Waals surface area contributed by atoms with Crippen LogP contribution in [0.4, 0.5) is 0 Å². The van der Waals surface area contributed by atoms with E-state index in [-0.39, 0.29) is 5.75 Å². The second-order valence-corrected chi connectivity index (χ2v) is 5.53. The van der Waals surface area contributed by atoms with Crippen LogP contribution in [0.15, 0.2) is 30.3 Å². The molecule has 0 heterocycles. The largest absolute Gasteiger partial charge is 0.382 e. The quantitative estimate of drug-likeness (QED) is 0.727. The molecule has 0 unspecified atom stereocenters. The molecule has 0 saturated carbocycles. The first-order valence-corrected chi connectivity index (χ1v) is 6.54. The lowest BCUT2D eigenvalue weighted by Gasteiger charge is -2.07. The maximum Gasteiger partial charge on any atom is 0.309 e. The van der Waals surface area contributed by atoms with E-state index in [9.17, 15) is 8.42 Å². The van der Waals surface area contributed by atoms with Crippen molar-refractivity contribution in [1.29, 1.82) is 0 Å². The van der Waals surface area contributed by atoms with Crippen molar-refractivity contribution < 1.29 is 12.6 Å². The number of benzene rings is 1. The van der Waals surface area contributed by atoms with Crippen molar-refractivity contribution in [2.75, 3.05) is 5.75 Å². The van der Waals surface area contributed by atoms with Crippen LogP contribution < -0.4 is 4.18 Å². The summed E-state index contributed by atoms with van der Waals surface area (Å²) in [5, 5.41) is 0. The lowest BCUT2D eigenvalue weighted by Crippen LogP contribution is -2.15. The topological polar surface area (TPSA) is 43.4 Å². The third-order valence-corrected chi connectivity index (χ3v) is 3.09. The molecule has 0 aliphatic heterocycles. The summed E-state index contributed by atoms with van der Waals surface area (Å²) in [6, 6.07) is 8.56. The zero-order chi connectivity index (χ0) is 11.3. The van der Waals surface area contributed by atoms with Gasteiger partial charge in [0.05, 0.1) is 5.75 Å². The highest BCUT2D eigenvalue weighted by Gasteiger charge is 2.13. The molecule has 0 spiro atoms. The number of hydrogen-bond donors (Lipinski definition) is 0. The van der Waals surface area contributed by atoms with Gasteiger partial charge in [0.25, 0.3) is 0 Å². The predicted molar refractivity (Wildman–Crippen MR) is 60.3 cm³/mol. The minimum atomic E-state index is -3.43. The summed E-state index contributed by atoms with van der Waals surface area (Å²) in [5.74, 6) is 0.805. The molecule has 0 aliphatic rings. The zero-order valence-corrected chi connectivity index (χ0v) is 9.83. The van der Waals surface area contributed by atoms with Crippen LogP contribution in [-0.2, 0) is 10.1 Å². The van der Waals surface area contributed by atoms with Crippen molar-refractivity contribution in [1.82, 2.24) is 0 Å². The molecule has 84 valence electrons. The van der Waals surface area contributed by atoms with Crippen molar-refractivity contribution in [3.8, 4) is 5.75 Å². The summed E-state index contributed by atoms with van der Waals surface area (Å²) < 4.78 is 27.9. The summed E-state index contributed by atoms with van der Waals surface area (Å²) in [5.41, 5.74) is 0. The van der Waals surface area contributed by atoms with Gasteiger partial charge >= 0.3 is 10.1 Å². The van der Waals surface area contributed by atoms with Crippen LogP contribution in [0.25, 0.3) is 0 Å². The summed E-state index contributed by atoms with van der Waals surface area (Å²) in [6.45, 7) is 3.97. The van der Waals surface area contributed by atoms with Crippen LogP contribution in [0.2, 0.25) is 0 Å². The molecule has 0 aliphatic carbocycles. The van der Waals surface area contributed by atoms with Gasteiger partial charge in [0.1, 0.15) is 5.75 Å². The summed E-state index contributed by atoms with van der Waals surface area (Å²) in [7, 11) is -3.43. The molecule has 1 aromatic carbocycles. The molecule has 0 amide bonds. The zero-order valence-electron chi connectivity index (χ0n) is 9.01. The Morgan fingerprint density at radius 1 is 1.20 bits per heavy atom. The fraction of sp³-hybridized carbons (Fsp3) is 0.455. The highest BCUT2D eigenvalue weighted by Crippen LogP contribution is 2.13. The molecule has 1 aromatic rings. The lowest BCUT2D eigenvalue weighted by atomic mass is 10.2. The van der Waals surface area contributed by atoms with Crippen molar-refractivity contribution in [2.45, 2.75) is 20.3 Å². The van der Waals surface area contributed by atoms with E-state index in [1.54, 1.807) is 24.3 Å². The molecule has 0 bridgehead atoms. The minimum Gasteiger partial charge on any atom is -0.382 e. The van der Waals surface area contributed by atoms with Crippen LogP contribution in [0.5, 0.6) is 5.75 Å². The Morgan fingerprint density at radius 2 is 1.80 bits per heavy atom. The third-order valence-electron chi connectivity index (χ3n) is 1.91. The Balaban J connectivity index is 2.57. The molecule has 0 saturated heterocycles. The van der Waals surface area contributed by atoms with Gasteiger partial charge in [-0.15, -0.1) is 0 Å². The van der Waals surface area contributed by atoms with E-state index in [2.05, 4.69) is 0 Å². The van der Waals surface area contributed by atoms with Crippen LogP contribution in [-0.4, -0.2) is 14.2 Å². The molecule has 4 heteroatoms. The molecular weight excluding hydrogens is 212 g/mol. The van der Waals surface area contributed by atoms with E-state index in [1.165, 1.54) is 0 Å². The maximum atomic E-state index is 11.5. The molecule has 0 aromatic heterocycles. The van der Waals surface area contributed by atoms with Gasteiger partial charge in [-0.1, -0.05) is 32.0 Å². The average molecular weight is 228 g/mol. The minimum absolute atomic E-state index is 0.0690. The van der Waals surface area contributed by atoms with Crippen LogP contribution in [0.3, 0.4) is 0 Å². The van der Waals surface area contributed by atoms with Crippen molar-refractivity contribution in [3.63, 3.8) is 0 Å². The first-order chi connectivity index (χ1) is 6.99. The summed E-state index contributed by atoms with van der Waals surface area (Å²) in [4.78, 5) is 0. The Morgan fingerprint density at radius 3 is 2.33 bits per heavy atom. The van der Waals surface area contributed by atoms with E-state index in [0.717, 1.165) is 0 Å². The first-order valence-electron chi connectivity index (χ1n) is 4.97. The second-order valence-electron chi connectivity index (χ2n) is 3.84. The fourth-order valence-electron chi connectivity index (χ4n) is 1.04. The monoisotopic (exact) mass is 228 g/mol. The Hall–Kier alpha value is -1.03. The van der Waals surface area contributed by atoms with Gasteiger partial charge in [0.2, 0.25) is 0 Å². The SMILES string of the molecule is CC(C)CCS(=O)(=O)Oc1ccccc1. The molecule has 0 radical (unpaired) electrons. The maximum absolute atomic E-state index is 11.5. The predicted octanol–water partition coefficient (Wildman–Crippen LogP) is 2.44. The number of para-hydroxylation sites is 1. The number of hydrogen-bond acceptors (Lipinski definition) is 3. The average Bonchev–Trinajstić information content (AvgIpc) is 2.16. The van der Waals surface area contributed by atoms with E-state index in [1.807, 2.05) is 19.9 Å². The molecule has 0 fully saturated rings. The first kappa shape index (κ1) is 12.0. The highest BCUT2D eigenvalue weighted by atomic mass is 32.2. The third kappa shape index (κ3) is 4.83. The van der Waals surface area contributed by atoms with Gasteiger partial charge in [0, 0.05) is 0 Å². The molecular formula is C11H16O3S. The standard InChI is InChI=1S/C11H16O3S/c1-10(2)8-9-15(12,13)14-11-6-4-3-5-7-11/h3-7,10H,8-9H2,1-2H3. The van der Waals surface area contributed by atoms with Crippen molar-refractivity contribution >= 4 is 10.1 Å². The highest BCUT2D eigenvalue weighted by molar-refractivity contribution is 7.87. The van der Waals surface area contributed by atoms with Gasteiger partial charge in [-0.2, -0.15) is 8.42 Å². The van der Waals surface area contributed by atoms with E-state index >= 15 is 0 Å². The van der Waals surface area contributed by atoms with Crippen LogP contribution in [0, 0.1) is 5.92 Å². The van der Waals surface area contributed by atoms with Gasteiger partial charge in [-0.25, -0.2) is 0 Å². The normalized spacial score (nSPS) is 11.7. The molecule has 1 rings (SSSR count).